The molecule has 0 bridgehead atoms. The van der Waals surface area contributed by atoms with Crippen LogP contribution in [0.4, 0.5) is 14.7 Å². The smallest absolute Gasteiger partial charge is 0.266 e. The monoisotopic (exact) mass is 457 g/mol. The summed E-state index contributed by atoms with van der Waals surface area (Å²) < 4.78 is 63.6. The van der Waals surface area contributed by atoms with Crippen molar-refractivity contribution in [3.8, 4) is 17.8 Å². The summed E-state index contributed by atoms with van der Waals surface area (Å²) in [6.07, 6.45) is -2.27. The number of fused-ring (bicyclic) bond motifs is 1. The van der Waals surface area contributed by atoms with Gasteiger partial charge < -0.3 is 14.5 Å². The Balaban J connectivity index is 2.06. The predicted octanol–water partition coefficient (Wildman–Crippen LogP) is 3.11. The van der Waals surface area contributed by atoms with Crippen molar-refractivity contribution in [1.29, 1.82) is 5.26 Å². The molecule has 0 aliphatic heterocycles. The van der Waals surface area contributed by atoms with Crippen LogP contribution in [-0.2, 0) is 16.4 Å². The molecule has 158 valence electrons. The number of H-pyrrole nitrogens is 1. The quantitative estimate of drug-likeness (QED) is 0.557. The lowest BCUT2D eigenvalue weighted by Gasteiger charge is -2.13. The molecule has 3 rings (SSSR count). The molecule has 9 nitrogen and oxygen atoms in total. The molecule has 3 aromatic rings. The van der Waals surface area contributed by atoms with Crippen LogP contribution in [-0.4, -0.2) is 44.0 Å². The highest BCUT2D eigenvalue weighted by Crippen LogP contribution is 2.32. The third kappa shape index (κ3) is 3.94. The zero-order valence-electron chi connectivity index (χ0n) is 15.5. The van der Waals surface area contributed by atoms with Gasteiger partial charge in [0.05, 0.1) is 35.9 Å². The van der Waals surface area contributed by atoms with E-state index >= 15 is 0 Å². The molecule has 13 heteroatoms. The topological polar surface area (TPSA) is 130 Å². The van der Waals surface area contributed by atoms with Gasteiger partial charge in [0.2, 0.25) is 24.1 Å². The minimum absolute atomic E-state index is 0.0894. The number of alkyl halides is 2. The van der Waals surface area contributed by atoms with Gasteiger partial charge in [0, 0.05) is 18.0 Å². The number of anilines is 1. The Morgan fingerprint density at radius 3 is 2.43 bits per heavy atom. The van der Waals surface area contributed by atoms with Crippen LogP contribution < -0.4 is 14.2 Å². The van der Waals surface area contributed by atoms with Gasteiger partial charge in [0.15, 0.2) is 0 Å². The van der Waals surface area contributed by atoms with Crippen LogP contribution in [0.25, 0.3) is 10.9 Å². The van der Waals surface area contributed by atoms with Gasteiger partial charge in [0.25, 0.3) is 10.0 Å². The highest BCUT2D eigenvalue weighted by molar-refractivity contribution is 7.93. The van der Waals surface area contributed by atoms with Crippen molar-refractivity contribution < 1.29 is 26.7 Å². The van der Waals surface area contributed by atoms with Crippen LogP contribution in [0.15, 0.2) is 23.2 Å². The van der Waals surface area contributed by atoms with E-state index in [-0.39, 0.29) is 43.7 Å². The minimum atomic E-state index is -4.24. The van der Waals surface area contributed by atoms with Crippen LogP contribution in [0.5, 0.6) is 11.8 Å². The zero-order chi connectivity index (χ0) is 22.1. The molecule has 2 aromatic heterocycles. The molecule has 0 radical (unpaired) electrons. The van der Waals surface area contributed by atoms with E-state index in [1.807, 2.05) is 6.07 Å². The maximum atomic E-state index is 12.9. The van der Waals surface area contributed by atoms with E-state index in [2.05, 4.69) is 19.7 Å². The van der Waals surface area contributed by atoms with Gasteiger partial charge in [0.1, 0.15) is 11.0 Å². The van der Waals surface area contributed by atoms with Crippen LogP contribution in [0.3, 0.4) is 0 Å². The number of hydrogen-bond acceptors (Lipinski definition) is 7. The van der Waals surface area contributed by atoms with Crippen LogP contribution >= 0.6 is 11.6 Å². The van der Waals surface area contributed by atoms with Gasteiger partial charge >= 0.3 is 0 Å². The lowest BCUT2D eigenvalue weighted by Crippen LogP contribution is -2.16. The van der Waals surface area contributed by atoms with Crippen molar-refractivity contribution in [1.82, 2.24) is 15.0 Å². The zero-order valence-corrected chi connectivity index (χ0v) is 17.1. The van der Waals surface area contributed by atoms with Gasteiger partial charge in [-0.15, -0.1) is 0 Å². The van der Waals surface area contributed by atoms with Crippen LogP contribution in [0.2, 0.25) is 5.02 Å². The van der Waals surface area contributed by atoms with E-state index in [9.17, 15) is 22.5 Å². The Labute approximate surface area is 174 Å². The summed E-state index contributed by atoms with van der Waals surface area (Å²) in [7, 11) is -1.85. The first-order valence-corrected chi connectivity index (χ1v) is 10.1. The van der Waals surface area contributed by atoms with Crippen molar-refractivity contribution in [3.05, 3.63) is 34.5 Å². The number of methoxy groups -OCH3 is 2. The highest BCUT2D eigenvalue weighted by atomic mass is 35.5. The second-order valence-corrected chi connectivity index (χ2v) is 7.91. The summed E-state index contributed by atoms with van der Waals surface area (Å²) in [4.78, 5) is 10.2. The van der Waals surface area contributed by atoms with Gasteiger partial charge in [-0.25, -0.2) is 21.9 Å². The maximum absolute atomic E-state index is 12.9. The number of aromatic nitrogens is 3. The van der Waals surface area contributed by atoms with Crippen LogP contribution in [0, 0.1) is 11.3 Å². The third-order valence-corrected chi connectivity index (χ3v) is 5.75. The van der Waals surface area contributed by atoms with E-state index < -0.39 is 28.8 Å². The fraction of sp³-hybridized carbons (Fsp3) is 0.235. The minimum Gasteiger partial charge on any atom is -0.481 e. The Morgan fingerprint density at radius 1 is 1.27 bits per heavy atom. The Morgan fingerprint density at radius 2 is 1.90 bits per heavy atom. The van der Waals surface area contributed by atoms with E-state index in [0.717, 1.165) is 0 Å². The molecule has 0 unspecified atom stereocenters. The Kier molecular flexibility index (Phi) is 5.95. The van der Waals surface area contributed by atoms with E-state index in [4.69, 9.17) is 21.1 Å². The van der Waals surface area contributed by atoms with Crippen molar-refractivity contribution in [2.75, 3.05) is 18.9 Å². The average molecular weight is 458 g/mol. The van der Waals surface area contributed by atoms with Gasteiger partial charge in [-0.05, 0) is 12.1 Å². The fourth-order valence-electron chi connectivity index (χ4n) is 2.81. The number of nitrogens with zero attached hydrogens (tertiary/aromatic N) is 3. The van der Waals surface area contributed by atoms with Gasteiger partial charge in [-0.1, -0.05) is 11.6 Å². The summed E-state index contributed by atoms with van der Waals surface area (Å²) in [5.41, 5.74) is 0.235. The second kappa shape index (κ2) is 8.29. The summed E-state index contributed by atoms with van der Waals surface area (Å²) in [5.74, 6) is -0.944. The van der Waals surface area contributed by atoms with Crippen molar-refractivity contribution in [2.45, 2.75) is 17.7 Å². The van der Waals surface area contributed by atoms with E-state index in [1.54, 1.807) is 0 Å². The number of halogens is 3. The third-order valence-electron chi connectivity index (χ3n) is 4.07. The number of nitrogens with one attached hydrogen (secondary N) is 2. The maximum Gasteiger partial charge on any atom is 0.266 e. The first-order valence-electron chi connectivity index (χ1n) is 8.21. The van der Waals surface area contributed by atoms with Crippen molar-refractivity contribution >= 4 is 38.5 Å². The average Bonchev–Trinajstić information content (AvgIpc) is 3.13. The summed E-state index contributed by atoms with van der Waals surface area (Å²) in [6.45, 7) is 0. The molecule has 0 aliphatic carbocycles. The van der Waals surface area contributed by atoms with Gasteiger partial charge in [-0.3, -0.25) is 0 Å². The molecular weight excluding hydrogens is 444 g/mol. The molecule has 0 aliphatic rings. The molecule has 0 spiro atoms. The summed E-state index contributed by atoms with van der Waals surface area (Å²) >= 11 is 5.97. The fourth-order valence-corrected chi connectivity index (χ4v) is 4.13. The van der Waals surface area contributed by atoms with Crippen LogP contribution in [0.1, 0.15) is 11.1 Å². The first kappa shape index (κ1) is 21.5. The molecule has 2 N–H and O–H groups in total. The molecule has 0 fully saturated rings. The molecular formula is C17H14ClF2N5O4S. The first-order chi connectivity index (χ1) is 14.2. The summed E-state index contributed by atoms with van der Waals surface area (Å²) in [5, 5.41) is 9.63. The number of rotatable bonds is 7. The number of sulfonamides is 1. The standard InChI is InChI=1S/C17H14ClF2N5O4S/c1-28-15-9(5-13(19)20)16(29-2)24-17(23-15)25-30(26,27)12-7-22-14-8(12)3-4-11(18)10(14)6-21/h3-4,7,13,22H,5H2,1-2H3,(H,23,24,25). The highest BCUT2D eigenvalue weighted by Gasteiger charge is 2.25. The van der Waals surface area contributed by atoms with E-state index in [1.165, 1.54) is 32.5 Å². The number of aromatic amines is 1. The second-order valence-electron chi connectivity index (χ2n) is 5.85. The molecule has 0 saturated heterocycles. The summed E-state index contributed by atoms with van der Waals surface area (Å²) in [6, 6.07) is 4.75. The number of hydrogen-bond donors (Lipinski definition) is 2. The van der Waals surface area contributed by atoms with Gasteiger partial charge in [-0.2, -0.15) is 15.2 Å². The molecule has 0 amide bonds. The van der Waals surface area contributed by atoms with E-state index in [0.29, 0.717) is 0 Å². The Bertz CT molecular complexity index is 1230. The predicted molar refractivity (Wildman–Crippen MR) is 104 cm³/mol. The lowest BCUT2D eigenvalue weighted by molar-refractivity contribution is 0.146. The van der Waals surface area contributed by atoms with Crippen molar-refractivity contribution in [3.63, 3.8) is 0 Å². The molecule has 0 saturated carbocycles. The SMILES string of the molecule is COc1nc(NS(=O)(=O)c2c[nH]c3c(C#N)c(Cl)ccc23)nc(OC)c1CC(F)F. The molecule has 2 heterocycles. The number of nitriles is 1. The largest absolute Gasteiger partial charge is 0.481 e. The van der Waals surface area contributed by atoms with Crippen molar-refractivity contribution in [2.24, 2.45) is 0 Å². The normalized spacial score (nSPS) is 11.5. The number of benzene rings is 1. The number of ether oxygens (including phenoxy) is 2. The molecule has 0 atom stereocenters. The molecule has 30 heavy (non-hydrogen) atoms. The molecule has 1 aromatic carbocycles. The lowest BCUT2D eigenvalue weighted by atomic mass is 10.1. The Hall–Kier alpha value is -3.17.